The Morgan fingerprint density at radius 1 is 1.88 bits per heavy atom. The van der Waals surface area contributed by atoms with Gasteiger partial charge in [0.15, 0.2) is 5.78 Å². The molecule has 3 nitrogen and oxygen atoms in total. The Balaban J connectivity index is 2.57. The van der Waals surface area contributed by atoms with E-state index in [9.17, 15) is 4.79 Å². The topological polar surface area (TPSA) is 52.3 Å². The van der Waals surface area contributed by atoms with Crippen molar-refractivity contribution in [3.8, 4) is 0 Å². The highest BCUT2D eigenvalue weighted by Gasteiger charge is 2.28. The number of rotatable bonds is 0. The normalized spacial score (nSPS) is 38.5. The molecule has 1 aliphatic rings. The van der Waals surface area contributed by atoms with E-state index < -0.39 is 0 Å². The summed E-state index contributed by atoms with van der Waals surface area (Å²) in [6.45, 7) is 2.11. The van der Waals surface area contributed by atoms with Gasteiger partial charge < -0.3 is 10.5 Å². The second-order valence-electron chi connectivity index (χ2n) is 1.98. The lowest BCUT2D eigenvalue weighted by Gasteiger charge is -1.94. The van der Waals surface area contributed by atoms with Gasteiger partial charge in [-0.2, -0.15) is 0 Å². The molecule has 1 saturated heterocycles. The zero-order chi connectivity index (χ0) is 6.15. The van der Waals surface area contributed by atoms with Crippen molar-refractivity contribution in [1.82, 2.24) is 0 Å². The van der Waals surface area contributed by atoms with Crippen molar-refractivity contribution >= 4 is 5.78 Å². The van der Waals surface area contributed by atoms with Crippen LogP contribution in [0.15, 0.2) is 0 Å². The minimum atomic E-state index is -0.370. The van der Waals surface area contributed by atoms with Gasteiger partial charge in [-0.05, 0) is 6.92 Å². The number of nitrogens with two attached hydrogens (primary N) is 1. The smallest absolute Gasteiger partial charge is 0.180 e. The summed E-state index contributed by atoms with van der Waals surface area (Å²) in [5, 5.41) is 0. The first kappa shape index (κ1) is 5.72. The summed E-state index contributed by atoms with van der Waals surface area (Å²) in [6, 6.07) is -0.370. The fourth-order valence-electron chi connectivity index (χ4n) is 0.714. The first-order valence-electron chi connectivity index (χ1n) is 2.62. The summed E-state index contributed by atoms with van der Waals surface area (Å²) in [5.41, 5.74) is 5.29. The van der Waals surface area contributed by atoms with E-state index in [0.29, 0.717) is 6.61 Å². The molecule has 0 spiro atoms. The minimum absolute atomic E-state index is 0.0185. The molecular weight excluding hydrogens is 106 g/mol. The van der Waals surface area contributed by atoms with Crippen molar-refractivity contribution in [3.05, 3.63) is 0 Å². The Hall–Kier alpha value is -0.410. The van der Waals surface area contributed by atoms with Crippen LogP contribution in [-0.4, -0.2) is 24.5 Å². The molecule has 2 atom stereocenters. The Morgan fingerprint density at radius 3 is 2.62 bits per heavy atom. The van der Waals surface area contributed by atoms with Crippen LogP contribution in [0.2, 0.25) is 0 Å². The molecule has 2 unspecified atom stereocenters. The Bertz CT molecular complexity index is 101. The standard InChI is InChI=1S/C5H9NO2/c1-3-5(7)4(6)2-8-3/h3-4H,2,6H2,1H3. The predicted molar refractivity (Wildman–Crippen MR) is 28.4 cm³/mol. The average Bonchev–Trinajstić information content (AvgIpc) is 1.98. The van der Waals surface area contributed by atoms with Crippen LogP contribution in [0.3, 0.4) is 0 Å². The highest BCUT2D eigenvalue weighted by atomic mass is 16.5. The zero-order valence-electron chi connectivity index (χ0n) is 4.76. The van der Waals surface area contributed by atoms with Gasteiger partial charge in [0.25, 0.3) is 0 Å². The third-order valence-electron chi connectivity index (χ3n) is 1.29. The van der Waals surface area contributed by atoms with E-state index in [0.717, 1.165) is 0 Å². The molecule has 2 N–H and O–H groups in total. The van der Waals surface area contributed by atoms with Gasteiger partial charge in [-0.25, -0.2) is 0 Å². The van der Waals surface area contributed by atoms with Crippen LogP contribution in [0.5, 0.6) is 0 Å². The van der Waals surface area contributed by atoms with Crippen molar-refractivity contribution in [3.63, 3.8) is 0 Å². The van der Waals surface area contributed by atoms with Crippen molar-refractivity contribution < 1.29 is 9.53 Å². The molecule has 1 fully saturated rings. The van der Waals surface area contributed by atoms with Crippen LogP contribution in [0.1, 0.15) is 6.92 Å². The third kappa shape index (κ3) is 0.743. The van der Waals surface area contributed by atoms with Gasteiger partial charge >= 0.3 is 0 Å². The molecule has 46 valence electrons. The molecule has 0 aromatic heterocycles. The minimum Gasteiger partial charge on any atom is -0.369 e. The molecule has 0 amide bonds. The molecule has 1 heterocycles. The van der Waals surface area contributed by atoms with Gasteiger partial charge in [0.2, 0.25) is 0 Å². The molecule has 3 heteroatoms. The zero-order valence-corrected chi connectivity index (χ0v) is 4.76. The van der Waals surface area contributed by atoms with E-state index >= 15 is 0 Å². The predicted octanol–water partition coefficient (Wildman–Crippen LogP) is -0.699. The molecule has 1 rings (SSSR count). The van der Waals surface area contributed by atoms with Crippen molar-refractivity contribution in [1.29, 1.82) is 0 Å². The van der Waals surface area contributed by atoms with Gasteiger partial charge in [-0.15, -0.1) is 0 Å². The van der Waals surface area contributed by atoms with Crippen molar-refractivity contribution in [2.75, 3.05) is 6.61 Å². The quantitative estimate of drug-likeness (QED) is 0.454. The molecule has 0 bridgehead atoms. The van der Waals surface area contributed by atoms with Crippen LogP contribution >= 0.6 is 0 Å². The summed E-state index contributed by atoms with van der Waals surface area (Å²) < 4.78 is 4.90. The van der Waals surface area contributed by atoms with E-state index in [1.165, 1.54) is 0 Å². The first-order valence-corrected chi connectivity index (χ1v) is 2.62. The maximum Gasteiger partial charge on any atom is 0.180 e. The first-order chi connectivity index (χ1) is 3.72. The number of carbonyl (C=O) groups is 1. The molecule has 8 heavy (non-hydrogen) atoms. The number of hydrogen-bond donors (Lipinski definition) is 1. The second-order valence-corrected chi connectivity index (χ2v) is 1.98. The van der Waals surface area contributed by atoms with E-state index in [2.05, 4.69) is 0 Å². The Kier molecular flexibility index (Phi) is 1.31. The Morgan fingerprint density at radius 2 is 2.50 bits per heavy atom. The van der Waals surface area contributed by atoms with Gasteiger partial charge in [0.1, 0.15) is 6.10 Å². The van der Waals surface area contributed by atoms with Gasteiger partial charge in [-0.1, -0.05) is 0 Å². The monoisotopic (exact) mass is 115 g/mol. The fraction of sp³-hybridized carbons (Fsp3) is 0.800. The lowest BCUT2D eigenvalue weighted by Crippen LogP contribution is -2.30. The van der Waals surface area contributed by atoms with Crippen LogP contribution in [0, 0.1) is 0 Å². The van der Waals surface area contributed by atoms with E-state index in [1.807, 2.05) is 0 Å². The van der Waals surface area contributed by atoms with Gasteiger partial charge in [-0.3, -0.25) is 4.79 Å². The summed E-state index contributed by atoms with van der Waals surface area (Å²) >= 11 is 0. The molecule has 1 aliphatic heterocycles. The van der Waals surface area contributed by atoms with Gasteiger partial charge in [0, 0.05) is 0 Å². The molecule has 0 aromatic carbocycles. The van der Waals surface area contributed by atoms with Crippen LogP contribution in [0.25, 0.3) is 0 Å². The molecule has 0 saturated carbocycles. The molecular formula is C5H9NO2. The van der Waals surface area contributed by atoms with Crippen molar-refractivity contribution in [2.24, 2.45) is 5.73 Å². The maximum absolute atomic E-state index is 10.7. The fourth-order valence-corrected chi connectivity index (χ4v) is 0.714. The SMILES string of the molecule is CC1OCC(N)C1=O. The molecule has 0 aromatic rings. The highest BCUT2D eigenvalue weighted by molar-refractivity contribution is 5.89. The van der Waals surface area contributed by atoms with Crippen LogP contribution in [-0.2, 0) is 9.53 Å². The summed E-state index contributed by atoms with van der Waals surface area (Å²) in [5.74, 6) is 0.0185. The van der Waals surface area contributed by atoms with E-state index in [1.54, 1.807) is 6.92 Å². The van der Waals surface area contributed by atoms with E-state index in [4.69, 9.17) is 10.5 Å². The number of hydrogen-bond acceptors (Lipinski definition) is 3. The number of ether oxygens (including phenoxy) is 1. The summed E-state index contributed by atoms with van der Waals surface area (Å²) in [4.78, 5) is 10.7. The van der Waals surface area contributed by atoms with Crippen LogP contribution in [0.4, 0.5) is 0 Å². The second kappa shape index (κ2) is 1.84. The highest BCUT2D eigenvalue weighted by Crippen LogP contribution is 2.04. The lowest BCUT2D eigenvalue weighted by atomic mass is 10.2. The van der Waals surface area contributed by atoms with Gasteiger partial charge in [0.05, 0.1) is 12.6 Å². The number of Topliss-reactive ketones (excluding diaryl/α,β-unsaturated/α-hetero) is 1. The van der Waals surface area contributed by atoms with E-state index in [-0.39, 0.29) is 17.9 Å². The third-order valence-corrected chi connectivity index (χ3v) is 1.29. The van der Waals surface area contributed by atoms with Crippen molar-refractivity contribution in [2.45, 2.75) is 19.1 Å². The maximum atomic E-state index is 10.7. The number of carbonyl (C=O) groups excluding carboxylic acids is 1. The average molecular weight is 115 g/mol. The Labute approximate surface area is 47.8 Å². The molecule has 0 radical (unpaired) electrons. The van der Waals surface area contributed by atoms with Crippen LogP contribution < -0.4 is 5.73 Å². The largest absolute Gasteiger partial charge is 0.369 e. The summed E-state index contributed by atoms with van der Waals surface area (Å²) in [6.07, 6.45) is -0.273. The summed E-state index contributed by atoms with van der Waals surface area (Å²) in [7, 11) is 0. The molecule has 0 aliphatic carbocycles. The lowest BCUT2D eigenvalue weighted by molar-refractivity contribution is -0.122. The number of ketones is 1.